The molecule has 0 amide bonds. The molecule has 0 fully saturated rings. The van der Waals surface area contributed by atoms with Crippen LogP contribution in [0.5, 0.6) is 0 Å². The summed E-state index contributed by atoms with van der Waals surface area (Å²) in [6.45, 7) is 2.08. The second-order valence-electron chi connectivity index (χ2n) is 3.43. The van der Waals surface area contributed by atoms with Crippen molar-refractivity contribution in [2.45, 2.75) is 13.3 Å². The first kappa shape index (κ1) is 14.1. The van der Waals surface area contributed by atoms with Crippen molar-refractivity contribution in [3.05, 3.63) is 40.5 Å². The van der Waals surface area contributed by atoms with Crippen molar-refractivity contribution in [1.29, 1.82) is 0 Å². The summed E-state index contributed by atoms with van der Waals surface area (Å²) >= 11 is 3.41. The first-order chi connectivity index (χ1) is 8.21. The number of fused-ring (bicyclic) bond motifs is 1. The van der Waals surface area contributed by atoms with Crippen LogP contribution >= 0.6 is 15.9 Å². The summed E-state index contributed by atoms with van der Waals surface area (Å²) in [6.07, 6.45) is 0.617. The largest absolute Gasteiger partial charge is 0.397 e. The molecule has 1 heterocycles. The Morgan fingerprint density at radius 3 is 2.53 bits per heavy atom. The van der Waals surface area contributed by atoms with Crippen LogP contribution in [0.25, 0.3) is 10.9 Å². The van der Waals surface area contributed by atoms with Gasteiger partial charge in [-0.3, -0.25) is 4.98 Å². The lowest BCUT2D eigenvalue weighted by Gasteiger charge is -2.01. The Morgan fingerprint density at radius 2 is 1.88 bits per heavy atom. The van der Waals surface area contributed by atoms with Crippen LogP contribution in [-0.4, -0.2) is 28.4 Å². The molecule has 2 aromatic rings. The normalized spacial score (nSPS) is 9.88. The number of aromatic nitrogens is 1. The van der Waals surface area contributed by atoms with Crippen LogP contribution in [0.2, 0.25) is 0 Å². The second-order valence-corrected chi connectivity index (χ2v) is 4.35. The molecule has 0 atom stereocenters. The van der Waals surface area contributed by atoms with E-state index in [0.717, 1.165) is 21.1 Å². The molecule has 1 aromatic carbocycles. The van der Waals surface area contributed by atoms with Gasteiger partial charge in [-0.2, -0.15) is 0 Å². The predicted octanol–water partition coefficient (Wildman–Crippen LogP) is 2.53. The third-order valence-corrected chi connectivity index (χ3v) is 2.57. The molecule has 0 bridgehead atoms. The molecular formula is C13H16BrNO2. The van der Waals surface area contributed by atoms with Crippen LogP contribution in [0.1, 0.15) is 12.6 Å². The van der Waals surface area contributed by atoms with E-state index in [1.807, 2.05) is 30.3 Å². The number of rotatable bonds is 2. The average Bonchev–Trinajstić information content (AvgIpc) is 2.31. The monoisotopic (exact) mass is 297 g/mol. The van der Waals surface area contributed by atoms with Gasteiger partial charge in [0.25, 0.3) is 0 Å². The lowest BCUT2D eigenvalue weighted by atomic mass is 10.2. The van der Waals surface area contributed by atoms with Crippen molar-refractivity contribution in [2.24, 2.45) is 0 Å². The summed E-state index contributed by atoms with van der Waals surface area (Å²) in [5.74, 6) is 0. The van der Waals surface area contributed by atoms with Crippen LogP contribution in [0.3, 0.4) is 0 Å². The zero-order chi connectivity index (χ0) is 12.7. The minimum absolute atomic E-state index is 0.148. The molecule has 17 heavy (non-hydrogen) atoms. The average molecular weight is 298 g/mol. The van der Waals surface area contributed by atoms with E-state index in [0.29, 0.717) is 6.42 Å². The maximum atomic E-state index is 8.79. The maximum absolute atomic E-state index is 8.79. The van der Waals surface area contributed by atoms with Gasteiger partial charge in [0.05, 0.1) is 5.52 Å². The zero-order valence-electron chi connectivity index (χ0n) is 9.73. The quantitative estimate of drug-likeness (QED) is 0.896. The first-order valence-corrected chi connectivity index (χ1v) is 6.27. The van der Waals surface area contributed by atoms with E-state index in [9.17, 15) is 0 Å². The first-order valence-electron chi connectivity index (χ1n) is 5.48. The third kappa shape index (κ3) is 4.42. The fraction of sp³-hybridized carbons (Fsp3) is 0.308. The fourth-order valence-corrected chi connectivity index (χ4v) is 1.77. The number of aliphatic hydroxyl groups is 2. The number of aliphatic hydroxyl groups excluding tert-OH is 2. The van der Waals surface area contributed by atoms with E-state index in [4.69, 9.17) is 10.2 Å². The van der Waals surface area contributed by atoms with Gasteiger partial charge in [-0.15, -0.1) is 0 Å². The van der Waals surface area contributed by atoms with Crippen LogP contribution < -0.4 is 0 Å². The van der Waals surface area contributed by atoms with E-state index in [2.05, 4.69) is 20.9 Å². The highest BCUT2D eigenvalue weighted by Crippen LogP contribution is 2.18. The molecule has 0 saturated heterocycles. The summed E-state index contributed by atoms with van der Waals surface area (Å²) in [5.41, 5.74) is 1.90. The van der Waals surface area contributed by atoms with Crippen LogP contribution in [-0.2, 0) is 6.42 Å². The summed E-state index contributed by atoms with van der Waals surface area (Å²) in [5, 5.41) is 17.5. The van der Waals surface area contributed by atoms with Gasteiger partial charge >= 0.3 is 0 Å². The third-order valence-electron chi connectivity index (χ3n) is 2.08. The number of nitrogens with zero attached hydrogens (tertiary/aromatic N) is 1. The highest BCUT2D eigenvalue weighted by Gasteiger charge is 1.98. The van der Waals surface area contributed by atoms with Gasteiger partial charge in [0.1, 0.15) is 0 Å². The highest BCUT2D eigenvalue weighted by molar-refractivity contribution is 9.10. The molecular weight excluding hydrogens is 282 g/mol. The van der Waals surface area contributed by atoms with Crippen LogP contribution in [0.4, 0.5) is 0 Å². The van der Waals surface area contributed by atoms with Gasteiger partial charge in [-0.25, -0.2) is 0 Å². The molecule has 0 unspecified atom stereocenters. The van der Waals surface area contributed by atoms with E-state index in [1.165, 1.54) is 0 Å². The minimum Gasteiger partial charge on any atom is -0.397 e. The lowest BCUT2D eigenvalue weighted by Crippen LogP contribution is -1.94. The van der Waals surface area contributed by atoms with E-state index >= 15 is 0 Å². The molecule has 2 N–H and O–H groups in total. The van der Waals surface area contributed by atoms with E-state index in [1.54, 1.807) is 6.92 Å². The van der Waals surface area contributed by atoms with Crippen molar-refractivity contribution in [3.63, 3.8) is 0 Å². The van der Waals surface area contributed by atoms with E-state index < -0.39 is 0 Å². The minimum atomic E-state index is 0.148. The maximum Gasteiger partial charge on any atom is 0.0706 e. The van der Waals surface area contributed by atoms with Gasteiger partial charge < -0.3 is 10.2 Å². The molecule has 92 valence electrons. The van der Waals surface area contributed by atoms with Gasteiger partial charge in [0.15, 0.2) is 0 Å². The summed E-state index contributed by atoms with van der Waals surface area (Å²) < 4.78 is 1.06. The molecule has 0 saturated carbocycles. The van der Waals surface area contributed by atoms with Gasteiger partial charge in [-0.05, 0) is 31.2 Å². The van der Waals surface area contributed by atoms with Crippen LogP contribution in [0.15, 0.2) is 34.8 Å². The molecule has 4 heteroatoms. The number of halogens is 1. The fourth-order valence-electron chi connectivity index (χ4n) is 1.39. The zero-order valence-corrected chi connectivity index (χ0v) is 11.3. The molecule has 0 aliphatic carbocycles. The number of benzene rings is 1. The predicted molar refractivity (Wildman–Crippen MR) is 73.0 cm³/mol. The second kappa shape index (κ2) is 7.37. The lowest BCUT2D eigenvalue weighted by molar-refractivity contribution is 0.298. The molecule has 0 radical (unpaired) electrons. The Morgan fingerprint density at radius 1 is 1.18 bits per heavy atom. The standard InChI is InChI=1S/C11H10BrNO.C2H6O/c12-9-2-4-11-8(7-9)1-3-10(13-11)5-6-14;1-2-3/h1-4,7,14H,5-6H2;3H,2H2,1H3. The van der Waals surface area contributed by atoms with E-state index in [-0.39, 0.29) is 13.2 Å². The smallest absolute Gasteiger partial charge is 0.0706 e. The topological polar surface area (TPSA) is 53.4 Å². The Kier molecular flexibility index (Phi) is 6.11. The Bertz CT molecular complexity index is 474. The number of hydrogen-bond donors (Lipinski definition) is 2. The molecule has 0 aliphatic rings. The Balaban J connectivity index is 0.000000437. The highest BCUT2D eigenvalue weighted by atomic mass is 79.9. The van der Waals surface area contributed by atoms with Crippen LogP contribution in [0, 0.1) is 0 Å². The molecule has 2 rings (SSSR count). The Labute approximate surface area is 109 Å². The summed E-state index contributed by atoms with van der Waals surface area (Å²) in [4.78, 5) is 4.43. The molecule has 0 aliphatic heterocycles. The van der Waals surface area contributed by atoms with Crippen molar-refractivity contribution in [1.82, 2.24) is 4.98 Å². The van der Waals surface area contributed by atoms with Crippen molar-refractivity contribution in [3.8, 4) is 0 Å². The van der Waals surface area contributed by atoms with Gasteiger partial charge in [-0.1, -0.05) is 22.0 Å². The summed E-state index contributed by atoms with van der Waals surface area (Å²) in [7, 11) is 0. The summed E-state index contributed by atoms with van der Waals surface area (Å²) in [6, 6.07) is 9.95. The van der Waals surface area contributed by atoms with Gasteiger partial charge in [0.2, 0.25) is 0 Å². The number of hydrogen-bond acceptors (Lipinski definition) is 3. The molecule has 3 nitrogen and oxygen atoms in total. The number of pyridine rings is 1. The van der Waals surface area contributed by atoms with Crippen molar-refractivity contribution >= 4 is 26.8 Å². The molecule has 0 spiro atoms. The van der Waals surface area contributed by atoms with Gasteiger partial charge in [0, 0.05) is 35.2 Å². The van der Waals surface area contributed by atoms with Crippen molar-refractivity contribution < 1.29 is 10.2 Å². The Hall–Kier alpha value is -0.970. The van der Waals surface area contributed by atoms with Crippen molar-refractivity contribution in [2.75, 3.05) is 13.2 Å². The molecule has 1 aromatic heterocycles. The SMILES string of the molecule is CCO.OCCc1ccc2cc(Br)ccc2n1.